The van der Waals surface area contributed by atoms with Gasteiger partial charge in [0, 0.05) is 30.7 Å². The first-order valence-corrected chi connectivity index (χ1v) is 6.87. The zero-order chi connectivity index (χ0) is 11.4. The Morgan fingerprint density at radius 3 is 3.12 bits per heavy atom. The Morgan fingerprint density at radius 2 is 2.31 bits per heavy atom. The van der Waals surface area contributed by atoms with Gasteiger partial charge in [-0.05, 0) is 18.1 Å². The van der Waals surface area contributed by atoms with Gasteiger partial charge in [0.05, 0.1) is 6.61 Å². The van der Waals surface area contributed by atoms with Crippen LogP contribution in [-0.2, 0) is 10.5 Å². The molecule has 0 radical (unpaired) electrons. The molecule has 2 atom stereocenters. The maximum atomic E-state index is 5.16. The molecule has 1 aliphatic heterocycles. The number of rotatable bonds is 4. The maximum absolute atomic E-state index is 5.16. The molecular weight excluding hydrogens is 218 g/mol. The highest BCUT2D eigenvalue weighted by molar-refractivity contribution is 7.98. The van der Waals surface area contributed by atoms with E-state index in [1.807, 2.05) is 11.8 Å². The molecule has 0 spiro atoms. The van der Waals surface area contributed by atoms with Crippen LogP contribution in [0, 0.1) is 0 Å². The summed E-state index contributed by atoms with van der Waals surface area (Å²) in [5.74, 6) is 2.30. The Labute approximate surface area is 102 Å². The minimum atomic E-state index is 0.404. The van der Waals surface area contributed by atoms with Crippen molar-refractivity contribution in [2.45, 2.75) is 24.8 Å². The molecule has 0 aromatic heterocycles. The number of methoxy groups -OCH3 is 1. The third-order valence-corrected chi connectivity index (χ3v) is 3.96. The molecule has 0 saturated carbocycles. The van der Waals surface area contributed by atoms with E-state index in [1.54, 1.807) is 7.11 Å². The zero-order valence-corrected chi connectivity index (χ0v) is 10.7. The molecule has 1 aliphatic rings. The lowest BCUT2D eigenvalue weighted by molar-refractivity contribution is 0.168. The summed E-state index contributed by atoms with van der Waals surface area (Å²) >= 11 is 2.00. The quantitative estimate of drug-likeness (QED) is 0.869. The predicted octanol–water partition coefficient (Wildman–Crippen LogP) is 2.60. The molecule has 0 amide bonds. The summed E-state index contributed by atoms with van der Waals surface area (Å²) in [6, 6.07) is 9.61. The molecule has 0 aliphatic carbocycles. The fraction of sp³-hybridized carbons (Fsp3) is 0.538. The van der Waals surface area contributed by atoms with Crippen molar-refractivity contribution in [2.24, 2.45) is 0 Å². The van der Waals surface area contributed by atoms with Crippen LogP contribution in [0.5, 0.6) is 0 Å². The van der Waals surface area contributed by atoms with Crippen molar-refractivity contribution < 1.29 is 4.74 Å². The molecule has 2 unspecified atom stereocenters. The van der Waals surface area contributed by atoms with Crippen molar-refractivity contribution >= 4 is 11.8 Å². The largest absolute Gasteiger partial charge is 0.383 e. The lowest BCUT2D eigenvalue weighted by Gasteiger charge is -2.28. The van der Waals surface area contributed by atoms with Crippen molar-refractivity contribution in [1.82, 2.24) is 5.32 Å². The van der Waals surface area contributed by atoms with Gasteiger partial charge in [0.25, 0.3) is 0 Å². The molecule has 2 nitrogen and oxygen atoms in total. The van der Waals surface area contributed by atoms with Crippen molar-refractivity contribution in [2.75, 3.05) is 19.5 Å². The minimum Gasteiger partial charge on any atom is -0.383 e. The van der Waals surface area contributed by atoms with Gasteiger partial charge in [-0.25, -0.2) is 0 Å². The number of nitrogens with one attached hydrogen (secondary N) is 1. The molecule has 1 heterocycles. The topological polar surface area (TPSA) is 21.3 Å². The Balaban J connectivity index is 2.07. The number of thioether (sulfide) groups is 1. The van der Waals surface area contributed by atoms with E-state index in [1.165, 1.54) is 11.1 Å². The van der Waals surface area contributed by atoms with E-state index in [0.29, 0.717) is 12.1 Å². The van der Waals surface area contributed by atoms with Gasteiger partial charge in [-0.1, -0.05) is 24.3 Å². The molecule has 0 bridgehead atoms. The predicted molar refractivity (Wildman–Crippen MR) is 69.8 cm³/mol. The van der Waals surface area contributed by atoms with E-state index in [9.17, 15) is 0 Å². The highest BCUT2D eigenvalue weighted by atomic mass is 32.2. The average Bonchev–Trinajstić information content (AvgIpc) is 2.30. The van der Waals surface area contributed by atoms with E-state index in [2.05, 4.69) is 36.5 Å². The van der Waals surface area contributed by atoms with Crippen molar-refractivity contribution in [3.8, 4) is 0 Å². The molecule has 1 aromatic rings. The van der Waals surface area contributed by atoms with Gasteiger partial charge in [-0.15, -0.1) is 0 Å². The Bertz CT molecular complexity index is 342. The Kier molecular flexibility index (Phi) is 4.27. The number of benzene rings is 1. The van der Waals surface area contributed by atoms with E-state index < -0.39 is 0 Å². The summed E-state index contributed by atoms with van der Waals surface area (Å²) in [7, 11) is 1.75. The zero-order valence-electron chi connectivity index (χ0n) is 9.90. The minimum absolute atomic E-state index is 0.404. The highest BCUT2D eigenvalue weighted by Crippen LogP contribution is 2.31. The summed E-state index contributed by atoms with van der Waals surface area (Å²) in [4.78, 5) is 0. The highest BCUT2D eigenvalue weighted by Gasteiger charge is 2.21. The smallest absolute Gasteiger partial charge is 0.0613 e. The van der Waals surface area contributed by atoms with Gasteiger partial charge in [-0.2, -0.15) is 11.8 Å². The third kappa shape index (κ3) is 2.78. The van der Waals surface area contributed by atoms with Crippen LogP contribution in [-0.4, -0.2) is 25.5 Å². The Hall–Kier alpha value is -0.510. The summed E-state index contributed by atoms with van der Waals surface area (Å²) in [5.41, 5.74) is 2.94. The molecular formula is C13H19NOS. The van der Waals surface area contributed by atoms with Crippen molar-refractivity contribution in [3.63, 3.8) is 0 Å². The number of hydrogen-bond acceptors (Lipinski definition) is 3. The second-order valence-electron chi connectivity index (χ2n) is 4.29. The number of fused-ring (bicyclic) bond motifs is 1. The van der Waals surface area contributed by atoms with E-state index >= 15 is 0 Å². The fourth-order valence-corrected chi connectivity index (χ4v) is 3.27. The third-order valence-electron chi connectivity index (χ3n) is 2.87. The first-order valence-electron chi connectivity index (χ1n) is 5.72. The lowest BCUT2D eigenvalue weighted by atomic mass is 10.0. The number of ether oxygens (including phenoxy) is 1. The standard InChI is InChI=1S/C13H19NOS/c1-10(7-15-2)14-13-9-16-8-11-5-3-4-6-12(11)13/h3-6,10,13-14H,7-9H2,1-2H3. The molecule has 3 heteroatoms. The normalized spacial score (nSPS) is 21.5. The van der Waals surface area contributed by atoms with Gasteiger partial charge in [-0.3, -0.25) is 0 Å². The molecule has 2 rings (SSSR count). The van der Waals surface area contributed by atoms with E-state index in [4.69, 9.17) is 4.74 Å². The summed E-state index contributed by atoms with van der Waals surface area (Å²) in [5, 5.41) is 3.63. The lowest BCUT2D eigenvalue weighted by Crippen LogP contribution is -2.36. The van der Waals surface area contributed by atoms with E-state index in [0.717, 1.165) is 18.1 Å². The van der Waals surface area contributed by atoms with Crippen LogP contribution < -0.4 is 5.32 Å². The summed E-state index contributed by atoms with van der Waals surface area (Å²) < 4.78 is 5.16. The average molecular weight is 237 g/mol. The van der Waals surface area contributed by atoms with Gasteiger partial charge in [0.1, 0.15) is 0 Å². The van der Waals surface area contributed by atoms with Crippen LogP contribution in [0.3, 0.4) is 0 Å². The van der Waals surface area contributed by atoms with Gasteiger partial charge in [0.2, 0.25) is 0 Å². The Morgan fingerprint density at radius 1 is 1.50 bits per heavy atom. The summed E-state index contributed by atoms with van der Waals surface area (Å²) in [6.07, 6.45) is 0. The van der Waals surface area contributed by atoms with Crippen LogP contribution in [0.1, 0.15) is 24.1 Å². The first-order chi connectivity index (χ1) is 7.81. The fourth-order valence-electron chi connectivity index (χ4n) is 2.16. The van der Waals surface area contributed by atoms with Gasteiger partial charge < -0.3 is 10.1 Å². The molecule has 1 aromatic carbocycles. The molecule has 16 heavy (non-hydrogen) atoms. The second kappa shape index (κ2) is 5.71. The van der Waals surface area contributed by atoms with Crippen LogP contribution in [0.25, 0.3) is 0 Å². The molecule has 1 N–H and O–H groups in total. The van der Waals surface area contributed by atoms with Crippen LogP contribution in [0.4, 0.5) is 0 Å². The number of hydrogen-bond donors (Lipinski definition) is 1. The van der Waals surface area contributed by atoms with Crippen molar-refractivity contribution in [3.05, 3.63) is 35.4 Å². The van der Waals surface area contributed by atoms with Gasteiger partial charge >= 0.3 is 0 Å². The van der Waals surface area contributed by atoms with Crippen molar-refractivity contribution in [1.29, 1.82) is 0 Å². The van der Waals surface area contributed by atoms with Crippen LogP contribution in [0.15, 0.2) is 24.3 Å². The monoisotopic (exact) mass is 237 g/mol. The summed E-state index contributed by atoms with van der Waals surface area (Å²) in [6.45, 7) is 2.94. The molecule has 0 fully saturated rings. The molecule has 88 valence electrons. The first kappa shape index (κ1) is 12.0. The van der Waals surface area contributed by atoms with Crippen LogP contribution in [0.2, 0.25) is 0 Å². The van der Waals surface area contributed by atoms with Gasteiger partial charge in [0.15, 0.2) is 0 Å². The van der Waals surface area contributed by atoms with Crippen LogP contribution >= 0.6 is 11.8 Å². The molecule has 0 saturated heterocycles. The maximum Gasteiger partial charge on any atom is 0.0613 e. The second-order valence-corrected chi connectivity index (χ2v) is 5.32. The SMILES string of the molecule is COCC(C)NC1CSCc2ccccc21. The van der Waals surface area contributed by atoms with E-state index in [-0.39, 0.29) is 0 Å².